The van der Waals surface area contributed by atoms with Crippen molar-refractivity contribution in [1.82, 2.24) is 15.2 Å². The number of hydrogen-bond acceptors (Lipinski definition) is 8. The van der Waals surface area contributed by atoms with Crippen LogP contribution in [0.1, 0.15) is 40.8 Å². The van der Waals surface area contributed by atoms with E-state index in [0.29, 0.717) is 28.8 Å². The molecule has 9 heteroatoms. The molecular weight excluding hydrogens is 396 g/mol. The molecule has 0 fully saturated rings. The highest BCUT2D eigenvalue weighted by molar-refractivity contribution is 7.99. The standard InChI is InChI=1S/C19H20N4O3S2/c1-11(2)18(25)21-14-6-4-13(5-7-14)16(24)10-28-19-23-22-17(26-19)8-15-9-27-12(3)20-15/h4-7,9,11H,8,10H2,1-3H3,(H,21,25). The van der Waals surface area contributed by atoms with Crippen LogP contribution in [0.15, 0.2) is 39.3 Å². The van der Waals surface area contributed by atoms with E-state index in [-0.39, 0.29) is 23.4 Å². The lowest BCUT2D eigenvalue weighted by molar-refractivity contribution is -0.118. The third-order valence-corrected chi connectivity index (χ3v) is 5.41. The number of aromatic nitrogens is 3. The lowest BCUT2D eigenvalue weighted by atomic mass is 10.1. The van der Waals surface area contributed by atoms with Gasteiger partial charge < -0.3 is 9.73 Å². The zero-order valence-corrected chi connectivity index (χ0v) is 17.4. The fourth-order valence-corrected chi connectivity index (χ4v) is 3.54. The molecule has 0 spiro atoms. The number of thioether (sulfide) groups is 1. The first kappa shape index (κ1) is 20.2. The van der Waals surface area contributed by atoms with Crippen LogP contribution in [-0.4, -0.2) is 32.6 Å². The first-order valence-corrected chi connectivity index (χ1v) is 10.6. The number of anilines is 1. The summed E-state index contributed by atoms with van der Waals surface area (Å²) in [6.45, 7) is 5.59. The highest BCUT2D eigenvalue weighted by Crippen LogP contribution is 2.20. The first-order valence-electron chi connectivity index (χ1n) is 8.71. The molecule has 2 heterocycles. The SMILES string of the molecule is Cc1nc(Cc2nnc(SCC(=O)c3ccc(NC(=O)C(C)C)cc3)o2)cs1. The zero-order chi connectivity index (χ0) is 20.1. The van der Waals surface area contributed by atoms with Gasteiger partial charge in [0.25, 0.3) is 5.22 Å². The van der Waals surface area contributed by atoms with Crippen molar-refractivity contribution in [2.75, 3.05) is 11.1 Å². The van der Waals surface area contributed by atoms with E-state index in [4.69, 9.17) is 4.42 Å². The number of Topliss-reactive ketones (excluding diaryl/α,β-unsaturated/α-hetero) is 1. The van der Waals surface area contributed by atoms with Crippen molar-refractivity contribution in [3.05, 3.63) is 51.8 Å². The van der Waals surface area contributed by atoms with Crippen LogP contribution in [0.3, 0.4) is 0 Å². The van der Waals surface area contributed by atoms with Gasteiger partial charge in [0.2, 0.25) is 11.8 Å². The summed E-state index contributed by atoms with van der Waals surface area (Å²) in [5, 5.41) is 14.1. The third-order valence-electron chi connectivity index (χ3n) is 3.77. The molecule has 7 nitrogen and oxygen atoms in total. The van der Waals surface area contributed by atoms with Crippen molar-refractivity contribution in [1.29, 1.82) is 0 Å². The number of ketones is 1. The van der Waals surface area contributed by atoms with E-state index in [9.17, 15) is 9.59 Å². The van der Waals surface area contributed by atoms with E-state index >= 15 is 0 Å². The number of benzene rings is 1. The third kappa shape index (κ3) is 5.49. The van der Waals surface area contributed by atoms with Crippen LogP contribution in [0.5, 0.6) is 0 Å². The van der Waals surface area contributed by atoms with Gasteiger partial charge in [-0.05, 0) is 31.2 Å². The minimum absolute atomic E-state index is 0.0541. The van der Waals surface area contributed by atoms with Crippen LogP contribution in [0, 0.1) is 12.8 Å². The Morgan fingerprint density at radius 1 is 1.21 bits per heavy atom. The van der Waals surface area contributed by atoms with E-state index in [0.717, 1.165) is 10.7 Å². The number of amides is 1. The Morgan fingerprint density at radius 2 is 1.96 bits per heavy atom. The zero-order valence-electron chi connectivity index (χ0n) is 15.8. The van der Waals surface area contributed by atoms with Gasteiger partial charge in [-0.25, -0.2) is 4.98 Å². The quantitative estimate of drug-likeness (QED) is 0.438. The molecule has 0 radical (unpaired) electrons. The second kappa shape index (κ2) is 9.11. The molecule has 0 aliphatic heterocycles. The Bertz CT molecular complexity index is 964. The monoisotopic (exact) mass is 416 g/mol. The van der Waals surface area contributed by atoms with E-state index < -0.39 is 0 Å². The fraction of sp³-hybridized carbons (Fsp3) is 0.316. The van der Waals surface area contributed by atoms with Crippen molar-refractivity contribution < 1.29 is 14.0 Å². The number of aryl methyl sites for hydroxylation is 1. The van der Waals surface area contributed by atoms with Crippen LogP contribution >= 0.6 is 23.1 Å². The number of nitrogens with zero attached hydrogens (tertiary/aromatic N) is 3. The topological polar surface area (TPSA) is 98.0 Å². The van der Waals surface area contributed by atoms with Crippen molar-refractivity contribution in [2.24, 2.45) is 5.92 Å². The summed E-state index contributed by atoms with van der Waals surface area (Å²) in [6.07, 6.45) is 0.482. The number of rotatable bonds is 8. The average Bonchev–Trinajstić information content (AvgIpc) is 3.29. The Kier molecular flexibility index (Phi) is 6.58. The van der Waals surface area contributed by atoms with Gasteiger partial charge in [-0.15, -0.1) is 21.5 Å². The molecule has 3 rings (SSSR count). The highest BCUT2D eigenvalue weighted by Gasteiger charge is 2.13. The van der Waals surface area contributed by atoms with E-state index in [2.05, 4.69) is 20.5 Å². The van der Waals surface area contributed by atoms with Gasteiger partial charge in [0.1, 0.15) is 0 Å². The minimum atomic E-state index is -0.100. The summed E-state index contributed by atoms with van der Waals surface area (Å²) in [5.74, 6) is 0.452. The van der Waals surface area contributed by atoms with Gasteiger partial charge in [0.05, 0.1) is 22.9 Å². The summed E-state index contributed by atoms with van der Waals surface area (Å²) in [6, 6.07) is 6.84. The van der Waals surface area contributed by atoms with Crippen LogP contribution in [-0.2, 0) is 11.2 Å². The number of carbonyl (C=O) groups is 2. The maximum Gasteiger partial charge on any atom is 0.277 e. The van der Waals surface area contributed by atoms with Crippen molar-refractivity contribution in [2.45, 2.75) is 32.4 Å². The molecule has 1 N–H and O–H groups in total. The maximum absolute atomic E-state index is 12.4. The smallest absolute Gasteiger partial charge is 0.277 e. The van der Waals surface area contributed by atoms with E-state index in [1.807, 2.05) is 26.2 Å². The van der Waals surface area contributed by atoms with Crippen LogP contribution in [0.2, 0.25) is 0 Å². The predicted octanol–water partition coefficient (Wildman–Crippen LogP) is 3.99. The van der Waals surface area contributed by atoms with E-state index in [1.54, 1.807) is 35.6 Å². The normalized spacial score (nSPS) is 11.0. The molecule has 1 aromatic carbocycles. The second-order valence-corrected chi connectivity index (χ2v) is 8.42. The lowest BCUT2D eigenvalue weighted by Gasteiger charge is -2.08. The molecule has 28 heavy (non-hydrogen) atoms. The largest absolute Gasteiger partial charge is 0.416 e. The van der Waals surface area contributed by atoms with Gasteiger partial charge >= 0.3 is 0 Å². The molecule has 1 amide bonds. The summed E-state index contributed by atoms with van der Waals surface area (Å²) < 4.78 is 5.57. The van der Waals surface area contributed by atoms with Crippen molar-refractivity contribution >= 4 is 40.5 Å². The molecule has 146 valence electrons. The molecule has 2 aromatic heterocycles. The molecule has 3 aromatic rings. The average molecular weight is 417 g/mol. The summed E-state index contributed by atoms with van der Waals surface area (Å²) >= 11 is 2.77. The Labute approximate surface area is 171 Å². The van der Waals surface area contributed by atoms with Gasteiger partial charge in [-0.2, -0.15) is 0 Å². The fourth-order valence-electron chi connectivity index (χ4n) is 2.25. The van der Waals surface area contributed by atoms with Crippen LogP contribution < -0.4 is 5.32 Å². The number of hydrogen-bond donors (Lipinski definition) is 1. The van der Waals surface area contributed by atoms with Crippen molar-refractivity contribution in [3.8, 4) is 0 Å². The molecular formula is C19H20N4O3S2. The first-order chi connectivity index (χ1) is 13.4. The number of carbonyl (C=O) groups excluding carboxylic acids is 2. The summed E-state index contributed by atoms with van der Waals surface area (Å²) in [4.78, 5) is 28.4. The Hall–Kier alpha value is -2.52. The molecule has 0 unspecified atom stereocenters. The number of nitrogens with one attached hydrogen (secondary N) is 1. The maximum atomic E-state index is 12.4. The van der Waals surface area contributed by atoms with E-state index in [1.165, 1.54) is 11.8 Å². The molecule has 0 saturated heterocycles. The Morgan fingerprint density at radius 3 is 2.61 bits per heavy atom. The van der Waals surface area contributed by atoms with Crippen molar-refractivity contribution in [3.63, 3.8) is 0 Å². The van der Waals surface area contributed by atoms with Gasteiger partial charge in [0, 0.05) is 22.5 Å². The molecule has 0 atom stereocenters. The van der Waals surface area contributed by atoms with Gasteiger partial charge in [0.15, 0.2) is 5.78 Å². The minimum Gasteiger partial charge on any atom is -0.416 e. The number of thiazole rings is 1. The molecule has 0 saturated carbocycles. The van der Waals surface area contributed by atoms with Crippen LogP contribution in [0.25, 0.3) is 0 Å². The summed E-state index contributed by atoms with van der Waals surface area (Å²) in [5.41, 5.74) is 2.12. The summed E-state index contributed by atoms with van der Waals surface area (Å²) in [7, 11) is 0. The van der Waals surface area contributed by atoms with Gasteiger partial charge in [-0.1, -0.05) is 25.6 Å². The second-order valence-electron chi connectivity index (χ2n) is 6.43. The highest BCUT2D eigenvalue weighted by atomic mass is 32.2. The molecule has 0 bridgehead atoms. The molecule has 0 aliphatic rings. The van der Waals surface area contributed by atoms with Gasteiger partial charge in [-0.3, -0.25) is 9.59 Å². The van der Waals surface area contributed by atoms with Crippen LogP contribution in [0.4, 0.5) is 5.69 Å². The Balaban J connectivity index is 1.52. The lowest BCUT2D eigenvalue weighted by Crippen LogP contribution is -2.17. The molecule has 0 aliphatic carbocycles. The predicted molar refractivity (Wildman–Crippen MR) is 109 cm³/mol.